The standard InChI is InChI=1S/C22H19N5O/c1-15-6-2-3-7-17(15)12-24-21(28)18-13-25-22(26-14-18)27-19-10-4-8-16-9-5-11-23-20(16)19/h2-11,13-14H,12H2,1H3,(H,24,28)(H,25,26,27). The monoisotopic (exact) mass is 369 g/mol. The molecule has 2 aromatic heterocycles. The predicted octanol–water partition coefficient (Wildman–Crippen LogP) is 4.01. The van der Waals surface area contributed by atoms with Gasteiger partial charge in [0.1, 0.15) is 0 Å². The zero-order chi connectivity index (χ0) is 19.3. The number of anilines is 2. The van der Waals surface area contributed by atoms with Crippen LogP contribution in [0.25, 0.3) is 10.9 Å². The molecule has 1 amide bonds. The van der Waals surface area contributed by atoms with Gasteiger partial charge in [-0.3, -0.25) is 9.78 Å². The van der Waals surface area contributed by atoms with Crippen molar-refractivity contribution in [3.63, 3.8) is 0 Å². The molecule has 6 heteroatoms. The van der Waals surface area contributed by atoms with Gasteiger partial charge in [-0.15, -0.1) is 0 Å². The fourth-order valence-electron chi connectivity index (χ4n) is 2.92. The molecule has 138 valence electrons. The largest absolute Gasteiger partial charge is 0.348 e. The van der Waals surface area contributed by atoms with Gasteiger partial charge in [0.05, 0.1) is 16.8 Å². The van der Waals surface area contributed by atoms with Crippen molar-refractivity contribution >= 4 is 28.4 Å². The van der Waals surface area contributed by atoms with Gasteiger partial charge in [0.25, 0.3) is 5.91 Å². The molecule has 0 bridgehead atoms. The number of nitrogens with zero attached hydrogens (tertiary/aromatic N) is 3. The second-order valence-corrected chi connectivity index (χ2v) is 6.41. The third kappa shape index (κ3) is 3.81. The van der Waals surface area contributed by atoms with E-state index in [-0.39, 0.29) is 5.91 Å². The summed E-state index contributed by atoms with van der Waals surface area (Å²) in [6.07, 6.45) is 4.78. The van der Waals surface area contributed by atoms with E-state index in [0.29, 0.717) is 18.1 Å². The lowest BCUT2D eigenvalue weighted by molar-refractivity contribution is 0.0950. The molecule has 2 heterocycles. The van der Waals surface area contributed by atoms with Gasteiger partial charge in [-0.2, -0.15) is 0 Å². The molecule has 0 aliphatic heterocycles. The summed E-state index contributed by atoms with van der Waals surface area (Å²) < 4.78 is 0. The van der Waals surface area contributed by atoms with Crippen molar-refractivity contribution in [2.45, 2.75) is 13.5 Å². The maximum atomic E-state index is 12.4. The first-order chi connectivity index (χ1) is 13.7. The first kappa shape index (κ1) is 17.6. The van der Waals surface area contributed by atoms with E-state index < -0.39 is 0 Å². The van der Waals surface area contributed by atoms with Gasteiger partial charge in [0.15, 0.2) is 0 Å². The van der Waals surface area contributed by atoms with Crippen LogP contribution in [0.15, 0.2) is 73.2 Å². The molecule has 2 N–H and O–H groups in total. The number of rotatable bonds is 5. The number of benzene rings is 2. The molecule has 0 atom stereocenters. The smallest absolute Gasteiger partial charge is 0.254 e. The lowest BCUT2D eigenvalue weighted by atomic mass is 10.1. The highest BCUT2D eigenvalue weighted by molar-refractivity contribution is 5.94. The molecule has 0 radical (unpaired) electrons. The number of hydrogen-bond donors (Lipinski definition) is 2. The topological polar surface area (TPSA) is 79.8 Å². The van der Waals surface area contributed by atoms with Crippen molar-refractivity contribution in [2.75, 3.05) is 5.32 Å². The highest BCUT2D eigenvalue weighted by atomic mass is 16.1. The minimum atomic E-state index is -0.207. The Morgan fingerprint density at radius 3 is 2.54 bits per heavy atom. The molecule has 0 aliphatic rings. The summed E-state index contributed by atoms with van der Waals surface area (Å²) in [5.41, 5.74) is 4.29. The second kappa shape index (κ2) is 7.84. The summed E-state index contributed by atoms with van der Waals surface area (Å²) in [7, 11) is 0. The molecule has 2 aromatic carbocycles. The number of nitrogens with one attached hydrogen (secondary N) is 2. The summed E-state index contributed by atoms with van der Waals surface area (Å²) in [4.78, 5) is 25.3. The Labute approximate surface area is 162 Å². The van der Waals surface area contributed by atoms with E-state index in [1.807, 2.05) is 61.5 Å². The molecule has 0 saturated carbocycles. The molecule has 4 aromatic rings. The Morgan fingerprint density at radius 2 is 1.71 bits per heavy atom. The summed E-state index contributed by atoms with van der Waals surface area (Å²) in [5.74, 6) is 0.204. The van der Waals surface area contributed by atoms with Gasteiger partial charge < -0.3 is 10.6 Å². The number of fused-ring (bicyclic) bond motifs is 1. The van der Waals surface area contributed by atoms with E-state index >= 15 is 0 Å². The van der Waals surface area contributed by atoms with Gasteiger partial charge in [0, 0.05) is 30.5 Å². The quantitative estimate of drug-likeness (QED) is 0.556. The van der Waals surface area contributed by atoms with Crippen LogP contribution in [0.4, 0.5) is 11.6 Å². The molecule has 0 fully saturated rings. The van der Waals surface area contributed by atoms with Crippen molar-refractivity contribution < 1.29 is 4.79 Å². The van der Waals surface area contributed by atoms with Crippen LogP contribution < -0.4 is 10.6 Å². The molecule has 0 saturated heterocycles. The molecule has 0 spiro atoms. The summed E-state index contributed by atoms with van der Waals surface area (Å²) >= 11 is 0. The van der Waals surface area contributed by atoms with Crippen LogP contribution in [0, 0.1) is 6.92 Å². The van der Waals surface area contributed by atoms with Crippen LogP contribution in [-0.2, 0) is 6.54 Å². The summed E-state index contributed by atoms with van der Waals surface area (Å²) in [5, 5.41) is 7.09. The molecule has 28 heavy (non-hydrogen) atoms. The number of carbonyl (C=O) groups is 1. The van der Waals surface area contributed by atoms with Crippen LogP contribution in [0.3, 0.4) is 0 Å². The normalized spacial score (nSPS) is 10.6. The summed E-state index contributed by atoms with van der Waals surface area (Å²) in [6, 6.07) is 17.7. The molecule has 0 aliphatic carbocycles. The van der Waals surface area contributed by atoms with E-state index in [0.717, 1.165) is 27.7 Å². The average Bonchev–Trinajstić information content (AvgIpc) is 2.74. The number of hydrogen-bond acceptors (Lipinski definition) is 5. The van der Waals surface area contributed by atoms with Crippen LogP contribution >= 0.6 is 0 Å². The van der Waals surface area contributed by atoms with E-state index in [4.69, 9.17) is 0 Å². The lowest BCUT2D eigenvalue weighted by Gasteiger charge is -2.09. The molecule has 6 nitrogen and oxygen atoms in total. The van der Waals surface area contributed by atoms with E-state index in [1.54, 1.807) is 6.20 Å². The Morgan fingerprint density at radius 1 is 0.929 bits per heavy atom. The second-order valence-electron chi connectivity index (χ2n) is 6.41. The Balaban J connectivity index is 1.45. The lowest BCUT2D eigenvalue weighted by Crippen LogP contribution is -2.23. The third-order valence-corrected chi connectivity index (χ3v) is 4.49. The number of amides is 1. The zero-order valence-electron chi connectivity index (χ0n) is 15.4. The number of para-hydroxylation sites is 1. The summed E-state index contributed by atoms with van der Waals surface area (Å²) in [6.45, 7) is 2.49. The van der Waals surface area contributed by atoms with Crippen molar-refractivity contribution in [2.24, 2.45) is 0 Å². The van der Waals surface area contributed by atoms with Gasteiger partial charge in [0.2, 0.25) is 5.95 Å². The van der Waals surface area contributed by atoms with Crippen LogP contribution in [0.2, 0.25) is 0 Å². The minimum absolute atomic E-state index is 0.207. The maximum Gasteiger partial charge on any atom is 0.254 e. The van der Waals surface area contributed by atoms with Crippen molar-refractivity contribution in [3.8, 4) is 0 Å². The minimum Gasteiger partial charge on any atom is -0.348 e. The Kier molecular flexibility index (Phi) is 4.93. The van der Waals surface area contributed by atoms with Gasteiger partial charge in [-0.25, -0.2) is 9.97 Å². The first-order valence-electron chi connectivity index (χ1n) is 8.96. The Hall–Kier alpha value is -3.80. The van der Waals surface area contributed by atoms with Crippen LogP contribution in [0.5, 0.6) is 0 Å². The molecule has 0 unspecified atom stereocenters. The Bertz CT molecular complexity index is 1120. The van der Waals surface area contributed by atoms with Crippen molar-refractivity contribution in [1.29, 1.82) is 0 Å². The van der Waals surface area contributed by atoms with Gasteiger partial charge in [-0.05, 0) is 30.2 Å². The number of aromatic nitrogens is 3. The third-order valence-electron chi connectivity index (χ3n) is 4.49. The van der Waals surface area contributed by atoms with Gasteiger partial charge >= 0.3 is 0 Å². The van der Waals surface area contributed by atoms with Crippen molar-refractivity contribution in [1.82, 2.24) is 20.3 Å². The molecule has 4 rings (SSSR count). The van der Waals surface area contributed by atoms with Crippen molar-refractivity contribution in [3.05, 3.63) is 89.9 Å². The highest BCUT2D eigenvalue weighted by Crippen LogP contribution is 2.22. The predicted molar refractivity (Wildman–Crippen MR) is 109 cm³/mol. The molecular weight excluding hydrogens is 350 g/mol. The zero-order valence-corrected chi connectivity index (χ0v) is 15.4. The number of carbonyl (C=O) groups excluding carboxylic acids is 1. The highest BCUT2D eigenvalue weighted by Gasteiger charge is 2.09. The van der Waals surface area contributed by atoms with E-state index in [9.17, 15) is 4.79 Å². The van der Waals surface area contributed by atoms with Gasteiger partial charge in [-0.1, -0.05) is 42.5 Å². The van der Waals surface area contributed by atoms with E-state index in [1.165, 1.54) is 12.4 Å². The SMILES string of the molecule is Cc1ccccc1CNC(=O)c1cnc(Nc2cccc3cccnc23)nc1. The first-order valence-corrected chi connectivity index (χ1v) is 8.96. The fourth-order valence-corrected chi connectivity index (χ4v) is 2.92. The van der Waals surface area contributed by atoms with Crippen LogP contribution in [0.1, 0.15) is 21.5 Å². The number of aryl methyl sites for hydroxylation is 1. The molecular formula is C22H19N5O. The van der Waals surface area contributed by atoms with Crippen LogP contribution in [-0.4, -0.2) is 20.9 Å². The maximum absolute atomic E-state index is 12.4. The number of pyridine rings is 1. The fraction of sp³-hybridized carbons (Fsp3) is 0.0909. The average molecular weight is 369 g/mol. The van der Waals surface area contributed by atoms with E-state index in [2.05, 4.69) is 25.6 Å².